The molecule has 1 fully saturated rings. The Labute approximate surface area is 189 Å². The SMILES string of the molecule is CC(=O)OCC(C#CC(=N)c1c([NH2+]C2(C)CC(O)[C@@H](CO)O2)nc(N)[nH]c1=O)COC(C)=O. The lowest BCUT2D eigenvalue weighted by atomic mass is 10.1. The first kappa shape index (κ1) is 25.9. The molecule has 1 aliphatic heterocycles. The van der Waals surface area contributed by atoms with E-state index in [1.54, 1.807) is 6.92 Å². The highest BCUT2D eigenvalue weighted by atomic mass is 16.6. The van der Waals surface area contributed by atoms with Gasteiger partial charge in [0.25, 0.3) is 5.56 Å². The molecule has 0 spiro atoms. The van der Waals surface area contributed by atoms with Crippen LogP contribution in [0.3, 0.4) is 0 Å². The van der Waals surface area contributed by atoms with Gasteiger partial charge in [0, 0.05) is 20.8 Å². The van der Waals surface area contributed by atoms with Crippen LogP contribution in [-0.4, -0.2) is 75.6 Å². The third-order valence-electron chi connectivity index (χ3n) is 4.68. The molecule has 33 heavy (non-hydrogen) atoms. The first-order chi connectivity index (χ1) is 15.4. The number of nitrogens with one attached hydrogen (secondary N) is 2. The molecule has 2 rings (SSSR count). The highest BCUT2D eigenvalue weighted by molar-refractivity contribution is 6.12. The highest BCUT2D eigenvalue weighted by Crippen LogP contribution is 2.25. The van der Waals surface area contributed by atoms with Crippen molar-refractivity contribution < 1.29 is 39.3 Å². The second-order valence-corrected chi connectivity index (χ2v) is 7.73. The molecule has 2 heterocycles. The summed E-state index contributed by atoms with van der Waals surface area (Å²) in [5.74, 6) is 3.16. The molecule has 0 aliphatic carbocycles. The molecule has 180 valence electrons. The minimum absolute atomic E-state index is 0.0142. The van der Waals surface area contributed by atoms with E-state index in [4.69, 9.17) is 25.4 Å². The summed E-state index contributed by atoms with van der Waals surface area (Å²) < 4.78 is 15.5. The van der Waals surface area contributed by atoms with E-state index >= 15 is 0 Å². The number of ether oxygens (including phenoxy) is 3. The Hall–Kier alpha value is -3.31. The molecule has 0 bridgehead atoms. The van der Waals surface area contributed by atoms with Crippen molar-refractivity contribution in [1.29, 1.82) is 5.41 Å². The fourth-order valence-electron chi connectivity index (χ4n) is 3.22. The van der Waals surface area contributed by atoms with Crippen LogP contribution in [-0.2, 0) is 23.8 Å². The normalized spacial score (nSPS) is 21.9. The van der Waals surface area contributed by atoms with Crippen LogP contribution >= 0.6 is 0 Å². The van der Waals surface area contributed by atoms with Gasteiger partial charge >= 0.3 is 11.9 Å². The second kappa shape index (κ2) is 11.0. The number of esters is 2. The second-order valence-electron chi connectivity index (χ2n) is 7.73. The van der Waals surface area contributed by atoms with Gasteiger partial charge in [-0.05, 0) is 5.92 Å². The van der Waals surface area contributed by atoms with Crippen molar-refractivity contribution in [1.82, 2.24) is 9.97 Å². The van der Waals surface area contributed by atoms with Gasteiger partial charge < -0.3 is 30.2 Å². The first-order valence-corrected chi connectivity index (χ1v) is 10.0. The number of hydrogen-bond donors (Lipinski definition) is 6. The van der Waals surface area contributed by atoms with Crippen molar-refractivity contribution in [3.63, 3.8) is 0 Å². The molecule has 13 nitrogen and oxygen atoms in total. The summed E-state index contributed by atoms with van der Waals surface area (Å²) in [5, 5.41) is 29.2. The minimum Gasteiger partial charge on any atom is -0.464 e. The van der Waals surface area contributed by atoms with Gasteiger partial charge in [0.05, 0.1) is 25.0 Å². The number of carbonyl (C=O) groups is 2. The molecular formula is C20H28N5O8+. The van der Waals surface area contributed by atoms with Crippen molar-refractivity contribution in [3.8, 4) is 11.8 Å². The van der Waals surface area contributed by atoms with Gasteiger partial charge in [-0.3, -0.25) is 30.1 Å². The lowest BCUT2D eigenvalue weighted by Crippen LogP contribution is -2.92. The maximum atomic E-state index is 12.6. The number of quaternary nitrogens is 1. The maximum Gasteiger partial charge on any atom is 0.302 e. The Morgan fingerprint density at radius 3 is 2.52 bits per heavy atom. The van der Waals surface area contributed by atoms with Gasteiger partial charge in [0.2, 0.25) is 17.5 Å². The smallest absolute Gasteiger partial charge is 0.302 e. The number of aromatic nitrogens is 2. The van der Waals surface area contributed by atoms with Crippen LogP contribution in [0.4, 0.5) is 11.8 Å². The number of nitrogens with zero attached hydrogens (tertiary/aromatic N) is 1. The Kier molecular flexibility index (Phi) is 8.66. The summed E-state index contributed by atoms with van der Waals surface area (Å²) in [6.45, 7) is 3.32. The average molecular weight is 466 g/mol. The molecule has 3 atom stereocenters. The number of aromatic amines is 1. The number of nitrogen functional groups attached to an aromatic ring is 1. The molecule has 1 saturated heterocycles. The monoisotopic (exact) mass is 466 g/mol. The molecule has 1 aliphatic rings. The molecule has 1 aromatic rings. The van der Waals surface area contributed by atoms with Crippen LogP contribution in [0.15, 0.2) is 4.79 Å². The van der Waals surface area contributed by atoms with Crippen LogP contribution in [0.2, 0.25) is 0 Å². The molecule has 0 saturated carbocycles. The summed E-state index contributed by atoms with van der Waals surface area (Å²) >= 11 is 0. The largest absolute Gasteiger partial charge is 0.464 e. The number of aliphatic hydroxyl groups is 2. The molecule has 0 aromatic carbocycles. The third kappa shape index (κ3) is 7.36. The molecule has 0 radical (unpaired) electrons. The van der Waals surface area contributed by atoms with E-state index in [1.807, 2.05) is 0 Å². The Bertz CT molecular complexity index is 1010. The van der Waals surface area contributed by atoms with Crippen molar-refractivity contribution in [2.24, 2.45) is 5.92 Å². The summed E-state index contributed by atoms with van der Waals surface area (Å²) in [4.78, 5) is 41.1. The number of hydrogen-bond acceptors (Lipinski definition) is 11. The Morgan fingerprint density at radius 2 is 2.00 bits per heavy atom. The van der Waals surface area contributed by atoms with Crippen LogP contribution in [0.1, 0.15) is 32.8 Å². The number of nitrogens with two attached hydrogens (primary N) is 2. The van der Waals surface area contributed by atoms with E-state index < -0.39 is 53.7 Å². The van der Waals surface area contributed by atoms with Crippen molar-refractivity contribution in [3.05, 3.63) is 15.9 Å². The zero-order valence-electron chi connectivity index (χ0n) is 18.5. The molecule has 0 amide bonds. The number of carbonyl (C=O) groups excluding carboxylic acids is 2. The van der Waals surface area contributed by atoms with Crippen molar-refractivity contribution >= 4 is 29.4 Å². The lowest BCUT2D eigenvalue weighted by Gasteiger charge is -2.21. The quantitative estimate of drug-likeness (QED) is 0.135. The van der Waals surface area contributed by atoms with E-state index in [2.05, 4.69) is 21.8 Å². The topological polar surface area (TPSA) is 215 Å². The van der Waals surface area contributed by atoms with E-state index in [0.29, 0.717) is 0 Å². The van der Waals surface area contributed by atoms with E-state index in [9.17, 15) is 24.6 Å². The van der Waals surface area contributed by atoms with Crippen molar-refractivity contribution in [2.45, 2.75) is 45.1 Å². The summed E-state index contributed by atoms with van der Waals surface area (Å²) in [7, 11) is 0. The summed E-state index contributed by atoms with van der Waals surface area (Å²) in [5.41, 5.74) is 3.26. The highest BCUT2D eigenvalue weighted by Gasteiger charge is 2.46. The molecule has 8 N–H and O–H groups in total. The van der Waals surface area contributed by atoms with E-state index in [1.165, 1.54) is 19.2 Å². The Balaban J connectivity index is 2.32. The predicted octanol–water partition coefficient (Wildman–Crippen LogP) is -2.48. The average Bonchev–Trinajstić information content (AvgIpc) is 2.99. The number of H-pyrrole nitrogens is 1. The first-order valence-electron chi connectivity index (χ1n) is 10.0. The third-order valence-corrected chi connectivity index (χ3v) is 4.68. The number of anilines is 1. The van der Waals surface area contributed by atoms with Crippen LogP contribution in [0, 0.1) is 23.2 Å². The molecular weight excluding hydrogens is 438 g/mol. The van der Waals surface area contributed by atoms with Gasteiger partial charge in [0.15, 0.2) is 5.56 Å². The predicted molar refractivity (Wildman–Crippen MR) is 113 cm³/mol. The maximum absolute atomic E-state index is 12.6. The molecule has 13 heteroatoms. The van der Waals surface area contributed by atoms with Crippen LogP contribution in [0.5, 0.6) is 0 Å². The van der Waals surface area contributed by atoms with Gasteiger partial charge in [-0.25, -0.2) is 0 Å². The van der Waals surface area contributed by atoms with Crippen molar-refractivity contribution in [2.75, 3.05) is 25.6 Å². The molecule has 1 aromatic heterocycles. The summed E-state index contributed by atoms with van der Waals surface area (Å²) in [6, 6.07) is 0. The number of aliphatic hydroxyl groups excluding tert-OH is 2. The fourth-order valence-corrected chi connectivity index (χ4v) is 3.22. The number of rotatable bonds is 8. The fraction of sp³-hybridized carbons (Fsp3) is 0.550. The van der Waals surface area contributed by atoms with Crippen LogP contribution in [0.25, 0.3) is 0 Å². The van der Waals surface area contributed by atoms with E-state index in [-0.39, 0.29) is 37.0 Å². The van der Waals surface area contributed by atoms with Gasteiger partial charge in [0.1, 0.15) is 25.0 Å². The summed E-state index contributed by atoms with van der Waals surface area (Å²) in [6.07, 6.45) is -1.61. The zero-order valence-corrected chi connectivity index (χ0v) is 18.5. The Morgan fingerprint density at radius 1 is 1.39 bits per heavy atom. The van der Waals surface area contributed by atoms with Gasteiger partial charge in [-0.2, -0.15) is 4.98 Å². The standard InChI is InChI=1S/C20H27N5O8/c1-10(27)31-8-12(9-32-11(2)28)4-5-13(21)16-17(23-19(22)24-18(16)30)25-20(3)6-14(29)15(7-26)33-20/h12,14-15,21,26,29H,6-9H2,1-3H3,(H4,22,23,24,25,30)/p+1/t14?,15-,20?/m1/s1. The van der Waals surface area contributed by atoms with Gasteiger partial charge in [-0.1, -0.05) is 5.92 Å². The lowest BCUT2D eigenvalue weighted by molar-refractivity contribution is -0.700. The minimum atomic E-state index is -1.09. The zero-order chi connectivity index (χ0) is 24.8. The van der Waals surface area contributed by atoms with Gasteiger partial charge in [-0.15, -0.1) is 0 Å². The van der Waals surface area contributed by atoms with Crippen LogP contribution < -0.4 is 16.6 Å². The molecule has 2 unspecified atom stereocenters. The van der Waals surface area contributed by atoms with E-state index in [0.717, 1.165) is 0 Å².